The molecule has 0 aliphatic carbocycles. The van der Waals surface area contributed by atoms with Crippen molar-refractivity contribution in [2.24, 2.45) is 0 Å². The molecule has 0 saturated heterocycles. The number of ether oxygens (including phenoxy) is 2. The molecule has 0 spiro atoms. The van der Waals surface area contributed by atoms with E-state index in [1.165, 1.54) is 0 Å². The Morgan fingerprint density at radius 1 is 1.26 bits per heavy atom. The predicted molar refractivity (Wildman–Crippen MR) is 72.1 cm³/mol. The van der Waals surface area contributed by atoms with Gasteiger partial charge in [-0.05, 0) is 31.5 Å². The van der Waals surface area contributed by atoms with Crippen LogP contribution in [-0.4, -0.2) is 25.6 Å². The first-order valence-electron chi connectivity index (χ1n) is 6.45. The third-order valence-corrected chi connectivity index (χ3v) is 2.67. The van der Waals surface area contributed by atoms with Gasteiger partial charge in [-0.25, -0.2) is 0 Å². The molecular weight excluding hydrogens is 242 g/mol. The van der Waals surface area contributed by atoms with Crippen LogP contribution in [-0.2, 0) is 9.53 Å². The number of rotatable bonds is 8. The molecule has 102 valence electrons. The van der Waals surface area contributed by atoms with Crippen molar-refractivity contribution >= 4 is 5.78 Å². The number of hydrogen-bond donors (Lipinski definition) is 0. The van der Waals surface area contributed by atoms with Gasteiger partial charge in [0.05, 0.1) is 19.3 Å². The third kappa shape index (κ3) is 4.72. The Morgan fingerprint density at radius 3 is 2.47 bits per heavy atom. The second-order valence-corrected chi connectivity index (χ2v) is 3.98. The Kier molecular flexibility index (Phi) is 6.62. The van der Waals surface area contributed by atoms with Gasteiger partial charge in [0.2, 0.25) is 0 Å². The molecule has 0 heterocycles. The number of Topliss-reactive ketones (excluding diaryl/α,β-unsaturated/α-hetero) is 1. The molecule has 1 aromatic carbocycles. The second kappa shape index (κ2) is 8.28. The highest BCUT2D eigenvalue weighted by atomic mass is 16.5. The zero-order valence-electron chi connectivity index (χ0n) is 11.4. The summed E-state index contributed by atoms with van der Waals surface area (Å²) in [6.07, 6.45) is 0.263. The summed E-state index contributed by atoms with van der Waals surface area (Å²) in [4.78, 5) is 11.9. The maximum Gasteiger partial charge on any atom is 0.156 e. The summed E-state index contributed by atoms with van der Waals surface area (Å²) < 4.78 is 10.5. The average molecular weight is 261 g/mol. The zero-order chi connectivity index (χ0) is 14.1. The van der Waals surface area contributed by atoms with Crippen LogP contribution in [0.25, 0.3) is 0 Å². The van der Waals surface area contributed by atoms with Crippen LogP contribution in [0.5, 0.6) is 5.75 Å². The van der Waals surface area contributed by atoms with Crippen molar-refractivity contribution in [3.63, 3.8) is 0 Å². The highest BCUT2D eigenvalue weighted by molar-refractivity contribution is 5.88. The Bertz CT molecular complexity index is 434. The first-order valence-corrected chi connectivity index (χ1v) is 6.45. The van der Waals surface area contributed by atoms with Crippen molar-refractivity contribution in [1.82, 2.24) is 0 Å². The number of hydrogen-bond acceptors (Lipinski definition) is 4. The molecule has 0 saturated carbocycles. The fourth-order valence-corrected chi connectivity index (χ4v) is 1.72. The quantitative estimate of drug-likeness (QED) is 0.675. The van der Waals surface area contributed by atoms with Gasteiger partial charge in [0.1, 0.15) is 11.7 Å². The number of nitriles is 1. The molecule has 1 rings (SSSR count). The normalized spacial score (nSPS) is 11.6. The molecule has 4 heteroatoms. The smallest absolute Gasteiger partial charge is 0.156 e. The maximum absolute atomic E-state index is 11.9. The molecular formula is C15H19NO3. The molecule has 0 aliphatic rings. The maximum atomic E-state index is 11.9. The summed E-state index contributed by atoms with van der Waals surface area (Å²) >= 11 is 0. The van der Waals surface area contributed by atoms with Crippen molar-refractivity contribution < 1.29 is 14.3 Å². The summed E-state index contributed by atoms with van der Waals surface area (Å²) in [5, 5.41) is 9.14. The SMILES string of the molecule is CCOCCC(=O)C(C#N)c1ccc(OCC)cc1. The van der Waals surface area contributed by atoms with E-state index in [0.717, 1.165) is 5.75 Å². The first-order chi connectivity index (χ1) is 9.22. The molecule has 0 radical (unpaired) electrons. The molecule has 0 N–H and O–H groups in total. The van der Waals surface area contributed by atoms with Gasteiger partial charge >= 0.3 is 0 Å². The van der Waals surface area contributed by atoms with E-state index in [1.807, 2.05) is 13.8 Å². The number of ketones is 1. The van der Waals surface area contributed by atoms with E-state index in [4.69, 9.17) is 14.7 Å². The molecule has 1 unspecified atom stereocenters. The fraction of sp³-hybridized carbons (Fsp3) is 0.467. The van der Waals surface area contributed by atoms with Crippen molar-refractivity contribution in [2.75, 3.05) is 19.8 Å². The Balaban J connectivity index is 2.68. The minimum Gasteiger partial charge on any atom is -0.494 e. The van der Waals surface area contributed by atoms with Gasteiger partial charge in [0.25, 0.3) is 0 Å². The zero-order valence-corrected chi connectivity index (χ0v) is 11.4. The molecule has 0 aliphatic heterocycles. The molecule has 4 nitrogen and oxygen atoms in total. The lowest BCUT2D eigenvalue weighted by Crippen LogP contribution is -2.13. The summed E-state index contributed by atoms with van der Waals surface area (Å²) in [6.45, 7) is 5.31. The van der Waals surface area contributed by atoms with E-state index < -0.39 is 5.92 Å². The third-order valence-electron chi connectivity index (χ3n) is 2.67. The van der Waals surface area contributed by atoms with Crippen molar-refractivity contribution in [1.29, 1.82) is 5.26 Å². The van der Waals surface area contributed by atoms with Crippen molar-refractivity contribution in [3.8, 4) is 11.8 Å². The highest BCUT2D eigenvalue weighted by Gasteiger charge is 2.19. The van der Waals surface area contributed by atoms with Crippen molar-refractivity contribution in [2.45, 2.75) is 26.2 Å². The van der Waals surface area contributed by atoms with Crippen molar-refractivity contribution in [3.05, 3.63) is 29.8 Å². The number of benzene rings is 1. The van der Waals surface area contributed by atoms with E-state index in [-0.39, 0.29) is 12.2 Å². The Morgan fingerprint density at radius 2 is 1.95 bits per heavy atom. The highest BCUT2D eigenvalue weighted by Crippen LogP contribution is 2.21. The van der Waals surface area contributed by atoms with Crippen LogP contribution >= 0.6 is 0 Å². The Hall–Kier alpha value is -1.86. The first kappa shape index (κ1) is 15.2. The Labute approximate surface area is 113 Å². The molecule has 0 aromatic heterocycles. The number of carbonyl (C=O) groups is 1. The minimum atomic E-state index is -0.726. The van der Waals surface area contributed by atoms with Crippen LogP contribution in [0.15, 0.2) is 24.3 Å². The van der Waals surface area contributed by atoms with E-state index in [0.29, 0.717) is 25.4 Å². The van der Waals surface area contributed by atoms with Crippen LogP contribution in [0.4, 0.5) is 0 Å². The summed E-state index contributed by atoms with van der Waals surface area (Å²) in [5.74, 6) is -0.0963. The van der Waals surface area contributed by atoms with Crippen LogP contribution in [0.2, 0.25) is 0 Å². The van der Waals surface area contributed by atoms with E-state index in [1.54, 1.807) is 24.3 Å². The van der Waals surface area contributed by atoms with Crippen LogP contribution in [0.3, 0.4) is 0 Å². The molecule has 0 bridgehead atoms. The van der Waals surface area contributed by atoms with Gasteiger partial charge in [-0.1, -0.05) is 12.1 Å². The van der Waals surface area contributed by atoms with E-state index in [9.17, 15) is 4.79 Å². The minimum absolute atomic E-state index is 0.111. The predicted octanol–water partition coefficient (Wildman–Crippen LogP) is 2.69. The van der Waals surface area contributed by atoms with E-state index in [2.05, 4.69) is 6.07 Å². The molecule has 1 aromatic rings. The van der Waals surface area contributed by atoms with Crippen LogP contribution in [0, 0.1) is 11.3 Å². The van der Waals surface area contributed by atoms with Gasteiger partial charge in [0, 0.05) is 13.0 Å². The monoisotopic (exact) mass is 261 g/mol. The van der Waals surface area contributed by atoms with E-state index >= 15 is 0 Å². The second-order valence-electron chi connectivity index (χ2n) is 3.98. The average Bonchev–Trinajstić information content (AvgIpc) is 2.42. The number of nitrogens with zero attached hydrogens (tertiary/aromatic N) is 1. The van der Waals surface area contributed by atoms with Gasteiger partial charge in [-0.3, -0.25) is 4.79 Å². The van der Waals surface area contributed by atoms with Gasteiger partial charge < -0.3 is 9.47 Å². The standard InChI is InChI=1S/C15H19NO3/c1-3-18-10-9-15(17)14(11-16)12-5-7-13(8-6-12)19-4-2/h5-8,14H,3-4,9-10H2,1-2H3. The van der Waals surface area contributed by atoms with Gasteiger partial charge in [0.15, 0.2) is 5.78 Å². The summed E-state index contributed by atoms with van der Waals surface area (Å²) in [7, 11) is 0. The lowest BCUT2D eigenvalue weighted by atomic mass is 9.94. The van der Waals surface area contributed by atoms with Gasteiger partial charge in [-0.15, -0.1) is 0 Å². The number of carbonyl (C=O) groups excluding carboxylic acids is 1. The van der Waals surface area contributed by atoms with Crippen LogP contribution in [0.1, 0.15) is 31.7 Å². The lowest BCUT2D eigenvalue weighted by Gasteiger charge is -2.10. The fourth-order valence-electron chi connectivity index (χ4n) is 1.72. The summed E-state index contributed by atoms with van der Waals surface area (Å²) in [6, 6.07) is 9.13. The van der Waals surface area contributed by atoms with Gasteiger partial charge in [-0.2, -0.15) is 5.26 Å². The lowest BCUT2D eigenvalue weighted by molar-refractivity contribution is -0.120. The van der Waals surface area contributed by atoms with Crippen LogP contribution < -0.4 is 4.74 Å². The molecule has 1 atom stereocenters. The topological polar surface area (TPSA) is 59.3 Å². The summed E-state index contributed by atoms with van der Waals surface area (Å²) in [5.41, 5.74) is 0.701. The molecule has 0 amide bonds. The molecule has 0 fully saturated rings. The molecule has 19 heavy (non-hydrogen) atoms. The largest absolute Gasteiger partial charge is 0.494 e.